The van der Waals surface area contributed by atoms with Gasteiger partial charge in [0.1, 0.15) is 48.8 Å². The Morgan fingerprint density at radius 3 is 1.62 bits per heavy atom. The van der Waals surface area contributed by atoms with E-state index in [0.29, 0.717) is 6.42 Å². The highest BCUT2D eigenvalue weighted by Crippen LogP contribution is 2.30. The summed E-state index contributed by atoms with van der Waals surface area (Å²) in [5.74, 6) is -0.275. The molecule has 14 nitrogen and oxygen atoms in total. The second kappa shape index (κ2) is 37.0. The number of aliphatic hydroxyl groups is 8. The van der Waals surface area contributed by atoms with Crippen molar-refractivity contribution in [2.24, 2.45) is 0 Å². The predicted molar refractivity (Wildman–Crippen MR) is 253 cm³/mol. The van der Waals surface area contributed by atoms with Crippen LogP contribution in [0.4, 0.5) is 0 Å². The van der Waals surface area contributed by atoms with Crippen molar-refractivity contribution < 1.29 is 64.6 Å². The molecule has 65 heavy (non-hydrogen) atoms. The minimum Gasteiger partial charge on any atom is -0.394 e. The number of unbranched alkanes of at least 4 members (excludes halogenated alkanes) is 7. The van der Waals surface area contributed by atoms with Gasteiger partial charge in [-0.25, -0.2) is 0 Å². The first-order valence-corrected chi connectivity index (χ1v) is 24.0. The van der Waals surface area contributed by atoms with E-state index in [1.54, 1.807) is 6.08 Å². The van der Waals surface area contributed by atoms with Crippen LogP contribution in [0, 0.1) is 0 Å². The fourth-order valence-electron chi connectivity index (χ4n) is 7.08. The summed E-state index contributed by atoms with van der Waals surface area (Å²) < 4.78 is 22.5. The second-order valence-electron chi connectivity index (χ2n) is 16.5. The molecule has 0 spiro atoms. The number of nitrogens with one attached hydrogen (secondary N) is 1. The first-order valence-electron chi connectivity index (χ1n) is 24.0. The molecule has 0 radical (unpaired) electrons. The zero-order valence-electron chi connectivity index (χ0n) is 38.9. The third-order valence-corrected chi connectivity index (χ3v) is 11.0. The fraction of sp³-hybridized carbons (Fsp3) is 0.667. The lowest BCUT2D eigenvalue weighted by molar-refractivity contribution is -0.359. The smallest absolute Gasteiger partial charge is 0.220 e. The lowest BCUT2D eigenvalue weighted by atomic mass is 9.97. The minimum absolute atomic E-state index is 0.249. The Balaban J connectivity index is 1.68. The number of hydrogen-bond donors (Lipinski definition) is 9. The van der Waals surface area contributed by atoms with E-state index in [4.69, 9.17) is 18.9 Å². The molecule has 0 bridgehead atoms. The number of rotatable bonds is 34. The maximum atomic E-state index is 13.0. The molecule has 1 amide bonds. The van der Waals surface area contributed by atoms with Gasteiger partial charge in [0.05, 0.1) is 32.0 Å². The summed E-state index contributed by atoms with van der Waals surface area (Å²) in [4.78, 5) is 13.0. The molecule has 0 aromatic rings. The molecule has 0 aliphatic carbocycles. The summed E-state index contributed by atoms with van der Waals surface area (Å²) in [7, 11) is 0. The van der Waals surface area contributed by atoms with Gasteiger partial charge in [-0.15, -0.1) is 0 Å². The van der Waals surface area contributed by atoms with Crippen LogP contribution in [0.5, 0.6) is 0 Å². The molecule has 2 rings (SSSR count). The maximum Gasteiger partial charge on any atom is 0.220 e. The minimum atomic E-state index is -1.79. The van der Waals surface area contributed by atoms with Gasteiger partial charge in [0.15, 0.2) is 12.6 Å². The molecule has 2 heterocycles. The zero-order chi connectivity index (χ0) is 47.5. The first-order chi connectivity index (χ1) is 31.6. The third kappa shape index (κ3) is 24.5. The molecule has 12 unspecified atom stereocenters. The average Bonchev–Trinajstić information content (AvgIpc) is 3.30. The molecule has 0 saturated carbocycles. The predicted octanol–water partition coefficient (Wildman–Crippen LogP) is 5.59. The Morgan fingerprint density at radius 1 is 0.569 bits per heavy atom. The molecule has 12 atom stereocenters. The lowest BCUT2D eigenvalue weighted by Crippen LogP contribution is -2.65. The quantitative estimate of drug-likeness (QED) is 0.0284. The fourth-order valence-corrected chi connectivity index (χ4v) is 7.08. The van der Waals surface area contributed by atoms with Crippen molar-refractivity contribution in [1.82, 2.24) is 5.32 Å². The summed E-state index contributed by atoms with van der Waals surface area (Å²) in [5, 5.41) is 85.9. The Labute approximate surface area is 388 Å². The first kappa shape index (κ1) is 58.0. The number of aliphatic hydroxyl groups excluding tert-OH is 8. The topological polar surface area (TPSA) is 228 Å². The van der Waals surface area contributed by atoms with Crippen LogP contribution < -0.4 is 5.32 Å². The van der Waals surface area contributed by atoms with Gasteiger partial charge in [0, 0.05) is 6.42 Å². The van der Waals surface area contributed by atoms with Gasteiger partial charge in [-0.05, 0) is 70.6 Å². The molecule has 2 aliphatic rings. The second-order valence-corrected chi connectivity index (χ2v) is 16.5. The van der Waals surface area contributed by atoms with Gasteiger partial charge < -0.3 is 65.1 Å². The molecule has 0 aromatic carbocycles. The van der Waals surface area contributed by atoms with Crippen molar-refractivity contribution in [3.8, 4) is 0 Å². The summed E-state index contributed by atoms with van der Waals surface area (Å²) in [6.07, 6.45) is 32.5. The number of carbonyl (C=O) groups is 1. The molecule has 370 valence electrons. The highest BCUT2D eigenvalue weighted by atomic mass is 16.7. The number of ether oxygens (including phenoxy) is 4. The van der Waals surface area contributed by atoms with Crippen LogP contribution in [-0.4, -0.2) is 140 Å². The van der Waals surface area contributed by atoms with Crippen molar-refractivity contribution in [3.05, 3.63) is 97.2 Å². The van der Waals surface area contributed by atoms with Gasteiger partial charge in [-0.2, -0.15) is 0 Å². The van der Waals surface area contributed by atoms with Gasteiger partial charge >= 0.3 is 0 Å². The highest BCUT2D eigenvalue weighted by molar-refractivity contribution is 5.76. The molecule has 14 heteroatoms. The standard InChI is InChI=1S/C51H83NO13/c1-3-5-7-9-10-11-12-13-14-15-16-17-18-19-20-21-22-23-24-25-26-27-28-29-30-31-33-35-43(56)52-39(40(55)34-32-8-6-4-2)38-62-50-48(61)46(59)49(42(37-54)64-50)65-51-47(60)45(58)44(57)41(36-53)63-51/h5,7,10-11,13-14,16-17,19-20,22-23,25-26,32,34,39-42,44-51,53-55,57-61H,3-4,6,8-9,12,15,18,21,24,27-31,33,35-38H2,1-2H3,(H,52,56)/b7-5-,11-10-,14-13-,17-16-,20-19-,23-22-,26-25-,34-32+. The summed E-state index contributed by atoms with van der Waals surface area (Å²) in [6, 6.07) is -0.927. The summed E-state index contributed by atoms with van der Waals surface area (Å²) in [5.41, 5.74) is 0. The van der Waals surface area contributed by atoms with E-state index >= 15 is 0 Å². The van der Waals surface area contributed by atoms with E-state index in [-0.39, 0.29) is 18.9 Å². The SMILES string of the molecule is CC/C=C\C/C=C\C/C=C\C/C=C\C/C=C\C/C=C\C/C=C\CCCCCCCC(=O)NC(COC1OC(CO)C(OC2OC(CO)C(O)C(O)C2O)C(O)C1O)C(O)/C=C/CCCC. The van der Waals surface area contributed by atoms with Crippen LogP contribution in [0.2, 0.25) is 0 Å². The molecule has 0 aromatic heterocycles. The molecular weight excluding hydrogens is 835 g/mol. The van der Waals surface area contributed by atoms with Gasteiger partial charge in [-0.1, -0.05) is 143 Å². The Bertz CT molecular complexity index is 1460. The summed E-state index contributed by atoms with van der Waals surface area (Å²) >= 11 is 0. The number of hydrogen-bond acceptors (Lipinski definition) is 13. The Hall–Kier alpha value is -3.09. The largest absolute Gasteiger partial charge is 0.394 e. The van der Waals surface area contributed by atoms with Crippen LogP contribution in [-0.2, 0) is 23.7 Å². The number of amides is 1. The van der Waals surface area contributed by atoms with Crippen molar-refractivity contribution >= 4 is 5.91 Å². The Morgan fingerprint density at radius 2 is 1.06 bits per heavy atom. The summed E-state index contributed by atoms with van der Waals surface area (Å²) in [6.45, 7) is 2.45. The van der Waals surface area contributed by atoms with E-state index in [0.717, 1.165) is 96.3 Å². The van der Waals surface area contributed by atoms with Crippen LogP contribution in [0.15, 0.2) is 97.2 Å². The van der Waals surface area contributed by atoms with Gasteiger partial charge in [0.25, 0.3) is 0 Å². The van der Waals surface area contributed by atoms with Crippen LogP contribution in [0.25, 0.3) is 0 Å². The van der Waals surface area contributed by atoms with E-state index in [2.05, 4.69) is 104 Å². The van der Waals surface area contributed by atoms with E-state index < -0.39 is 86.8 Å². The monoisotopic (exact) mass is 918 g/mol. The van der Waals surface area contributed by atoms with Gasteiger partial charge in [0.2, 0.25) is 5.91 Å². The van der Waals surface area contributed by atoms with E-state index in [1.807, 2.05) is 6.08 Å². The lowest BCUT2D eigenvalue weighted by Gasteiger charge is -2.46. The molecule has 9 N–H and O–H groups in total. The van der Waals surface area contributed by atoms with Gasteiger partial charge in [-0.3, -0.25) is 4.79 Å². The van der Waals surface area contributed by atoms with Crippen molar-refractivity contribution in [1.29, 1.82) is 0 Å². The van der Waals surface area contributed by atoms with Crippen LogP contribution in [0.1, 0.15) is 123 Å². The molecular formula is C51H83NO13. The Kier molecular flexibility index (Phi) is 33.0. The van der Waals surface area contributed by atoms with Crippen molar-refractivity contribution in [2.75, 3.05) is 19.8 Å². The number of allylic oxidation sites excluding steroid dienone is 15. The maximum absolute atomic E-state index is 13.0. The normalized spacial score (nSPS) is 27.9. The third-order valence-electron chi connectivity index (χ3n) is 11.0. The van der Waals surface area contributed by atoms with Crippen molar-refractivity contribution in [3.63, 3.8) is 0 Å². The highest BCUT2D eigenvalue weighted by Gasteiger charge is 2.50. The molecule has 2 fully saturated rings. The van der Waals surface area contributed by atoms with Crippen LogP contribution in [0.3, 0.4) is 0 Å². The van der Waals surface area contributed by atoms with Crippen molar-refractivity contribution in [2.45, 2.75) is 197 Å². The van der Waals surface area contributed by atoms with Crippen LogP contribution >= 0.6 is 0 Å². The van der Waals surface area contributed by atoms with E-state index in [1.165, 1.54) is 0 Å². The van der Waals surface area contributed by atoms with E-state index in [9.17, 15) is 45.6 Å². The zero-order valence-corrected chi connectivity index (χ0v) is 38.9. The molecule has 2 aliphatic heterocycles. The number of carbonyl (C=O) groups excluding carboxylic acids is 1. The molecule has 2 saturated heterocycles. The average molecular weight is 918 g/mol.